The number of fused-ring (bicyclic) bond motifs is 2. The Kier molecular flexibility index (Phi) is 5.28. The van der Waals surface area contributed by atoms with Gasteiger partial charge in [0, 0.05) is 45.5 Å². The number of hydrogen-bond acceptors (Lipinski definition) is 4. The van der Waals surface area contributed by atoms with E-state index in [4.69, 9.17) is 0 Å². The number of H-pyrrole nitrogens is 2. The van der Waals surface area contributed by atoms with Crippen LogP contribution in [0.1, 0.15) is 19.3 Å². The molecule has 0 saturated heterocycles. The van der Waals surface area contributed by atoms with Crippen LogP contribution in [0.5, 0.6) is 0 Å². The third kappa shape index (κ3) is 3.93. The van der Waals surface area contributed by atoms with Crippen LogP contribution >= 0.6 is 0 Å². The second kappa shape index (κ2) is 8.95. The highest BCUT2D eigenvalue weighted by molar-refractivity contribution is 6.00. The lowest BCUT2D eigenvalue weighted by Crippen LogP contribution is -2.18. The summed E-state index contributed by atoms with van der Waals surface area (Å²) in [5.41, 5.74) is 9.33. The Morgan fingerprint density at radius 3 is 2.50 bits per heavy atom. The van der Waals surface area contributed by atoms with Gasteiger partial charge in [-0.3, -0.25) is 15.1 Å². The van der Waals surface area contributed by atoms with Crippen molar-refractivity contribution in [2.24, 2.45) is 5.92 Å². The molecule has 0 spiro atoms. The van der Waals surface area contributed by atoms with E-state index >= 15 is 0 Å². The molecule has 0 amide bonds. The third-order valence-corrected chi connectivity index (χ3v) is 7.46. The van der Waals surface area contributed by atoms with Crippen molar-refractivity contribution in [2.75, 3.05) is 5.32 Å². The van der Waals surface area contributed by atoms with Crippen molar-refractivity contribution in [1.82, 2.24) is 25.1 Å². The first kappa shape index (κ1) is 22.4. The van der Waals surface area contributed by atoms with E-state index in [9.17, 15) is 4.39 Å². The molecule has 7 rings (SSSR count). The summed E-state index contributed by atoms with van der Waals surface area (Å²) in [5, 5.41) is 13.2. The minimum Gasteiger partial charge on any atom is -0.358 e. The lowest BCUT2D eigenvalue weighted by molar-refractivity contribution is 0.371. The Hall–Kier alpha value is -4.78. The van der Waals surface area contributed by atoms with Crippen molar-refractivity contribution in [3.63, 3.8) is 0 Å². The zero-order chi connectivity index (χ0) is 25.6. The Labute approximate surface area is 218 Å². The first-order valence-electron chi connectivity index (χ1n) is 12.8. The third-order valence-electron chi connectivity index (χ3n) is 7.46. The number of benzene rings is 2. The average molecular weight is 501 g/mol. The molecule has 4 heterocycles. The van der Waals surface area contributed by atoms with E-state index < -0.39 is 0 Å². The van der Waals surface area contributed by atoms with Crippen LogP contribution < -0.4 is 5.32 Å². The number of pyridine rings is 2. The number of nitrogens with one attached hydrogen (secondary N) is 3. The summed E-state index contributed by atoms with van der Waals surface area (Å²) in [6.45, 7) is 4.22. The maximum Gasteiger partial charge on any atom is 0.123 e. The van der Waals surface area contributed by atoms with Crippen LogP contribution in [0, 0.1) is 11.7 Å². The molecule has 0 radical (unpaired) electrons. The molecule has 0 bridgehead atoms. The van der Waals surface area contributed by atoms with E-state index in [1.54, 1.807) is 18.3 Å². The van der Waals surface area contributed by atoms with Crippen LogP contribution in [0.15, 0.2) is 91.5 Å². The second-order valence-corrected chi connectivity index (χ2v) is 9.88. The van der Waals surface area contributed by atoms with Gasteiger partial charge in [0.25, 0.3) is 0 Å². The topological polar surface area (TPSA) is 82.3 Å². The van der Waals surface area contributed by atoms with Crippen molar-refractivity contribution in [3.05, 3.63) is 97.3 Å². The number of aromatic nitrogens is 5. The van der Waals surface area contributed by atoms with Crippen molar-refractivity contribution < 1.29 is 4.39 Å². The van der Waals surface area contributed by atoms with E-state index in [1.165, 1.54) is 31.4 Å². The van der Waals surface area contributed by atoms with Crippen LogP contribution in [0.2, 0.25) is 0 Å². The molecule has 3 N–H and O–H groups in total. The largest absolute Gasteiger partial charge is 0.358 e. The lowest BCUT2D eigenvalue weighted by Gasteiger charge is -2.28. The van der Waals surface area contributed by atoms with Gasteiger partial charge in [0.1, 0.15) is 11.5 Å². The van der Waals surface area contributed by atoms with Crippen LogP contribution in [0.4, 0.5) is 10.1 Å². The Bertz CT molecular complexity index is 1810. The minimum absolute atomic E-state index is 0.269. The summed E-state index contributed by atoms with van der Waals surface area (Å²) in [5.74, 6) is 0.285. The van der Waals surface area contributed by atoms with Gasteiger partial charge in [0.05, 0.1) is 28.8 Å². The summed E-state index contributed by atoms with van der Waals surface area (Å²) in [6.07, 6.45) is 9.16. The van der Waals surface area contributed by atoms with Crippen molar-refractivity contribution in [1.29, 1.82) is 0 Å². The molecule has 1 fully saturated rings. The van der Waals surface area contributed by atoms with Gasteiger partial charge in [0.2, 0.25) is 0 Å². The molecule has 2 aromatic carbocycles. The molecule has 0 unspecified atom stereocenters. The highest BCUT2D eigenvalue weighted by Crippen LogP contribution is 2.36. The zero-order valence-corrected chi connectivity index (χ0v) is 20.6. The molecular formula is C31H25FN6. The normalized spacial score (nSPS) is 13.6. The average Bonchev–Trinajstić information content (AvgIpc) is 3.52. The number of aromatic amines is 2. The molecule has 6 nitrogen and oxygen atoms in total. The summed E-state index contributed by atoms with van der Waals surface area (Å²) in [7, 11) is 0. The van der Waals surface area contributed by atoms with Crippen molar-refractivity contribution >= 4 is 27.5 Å². The van der Waals surface area contributed by atoms with Crippen LogP contribution in [0.25, 0.3) is 55.6 Å². The summed E-state index contributed by atoms with van der Waals surface area (Å²) < 4.78 is 13.5. The number of nitrogens with zero attached hydrogens (tertiary/aromatic N) is 3. The van der Waals surface area contributed by atoms with Crippen LogP contribution in [-0.4, -0.2) is 25.1 Å². The summed E-state index contributed by atoms with van der Waals surface area (Å²) >= 11 is 0. The van der Waals surface area contributed by atoms with Gasteiger partial charge in [0.15, 0.2) is 0 Å². The highest BCUT2D eigenvalue weighted by Gasteiger charge is 2.20. The maximum atomic E-state index is 13.5. The number of halogens is 1. The Morgan fingerprint density at radius 1 is 0.868 bits per heavy atom. The number of hydrogen-bond donors (Lipinski definition) is 3. The molecule has 38 heavy (non-hydrogen) atoms. The smallest absolute Gasteiger partial charge is 0.123 e. The van der Waals surface area contributed by atoms with E-state index in [2.05, 4.69) is 61.3 Å². The lowest BCUT2D eigenvalue weighted by atomic mass is 9.83. The molecular weight excluding hydrogens is 475 g/mol. The monoisotopic (exact) mass is 500 g/mol. The van der Waals surface area contributed by atoms with Gasteiger partial charge in [-0.05, 0) is 78.9 Å². The molecule has 1 aliphatic carbocycles. The quantitative estimate of drug-likeness (QED) is 0.219. The predicted molar refractivity (Wildman–Crippen MR) is 150 cm³/mol. The predicted octanol–water partition coefficient (Wildman–Crippen LogP) is 7.70. The second-order valence-electron chi connectivity index (χ2n) is 9.88. The Morgan fingerprint density at radius 2 is 1.68 bits per heavy atom. The molecule has 1 saturated carbocycles. The molecule has 7 heteroatoms. The highest BCUT2D eigenvalue weighted by atomic mass is 19.1. The number of allylic oxidation sites excluding steroid dienone is 1. The fourth-order valence-corrected chi connectivity index (χ4v) is 5.13. The van der Waals surface area contributed by atoms with Gasteiger partial charge in [-0.2, -0.15) is 5.10 Å². The maximum absolute atomic E-state index is 13.5. The molecule has 1 aliphatic rings. The number of rotatable bonds is 6. The summed E-state index contributed by atoms with van der Waals surface area (Å²) in [6, 6.07) is 18.8. The molecule has 0 aliphatic heterocycles. The Balaban J connectivity index is 1.26. The SMILES string of the molecule is C=C(Nc1cncc(-c2ccc3[nH]nc(-c4cc5c(-c6ccc(F)cc6)nccc5[nH]4)c3c2)c1)C1CCC1. The van der Waals surface area contributed by atoms with Gasteiger partial charge < -0.3 is 10.3 Å². The fraction of sp³-hybridized carbons (Fsp3) is 0.129. The van der Waals surface area contributed by atoms with E-state index in [-0.39, 0.29) is 5.82 Å². The van der Waals surface area contributed by atoms with Crippen LogP contribution in [-0.2, 0) is 0 Å². The number of anilines is 1. The fourth-order valence-electron chi connectivity index (χ4n) is 5.13. The van der Waals surface area contributed by atoms with Crippen LogP contribution in [0.3, 0.4) is 0 Å². The van der Waals surface area contributed by atoms with Gasteiger partial charge in [-0.15, -0.1) is 0 Å². The molecule has 186 valence electrons. The minimum atomic E-state index is -0.269. The summed E-state index contributed by atoms with van der Waals surface area (Å²) in [4.78, 5) is 12.5. The van der Waals surface area contributed by atoms with Gasteiger partial charge >= 0.3 is 0 Å². The molecule has 6 aromatic rings. The standard InChI is InChI=1S/C31H25FN6/c1-18(19-3-2-4-19)35-24-13-22(16-33-17-24)21-7-10-28-25(14-21)31(38-37-28)29-15-26-27(36-29)11-12-34-30(26)20-5-8-23(32)9-6-20/h5-17,19,35-36H,1-4H2,(H,37,38). The van der Waals surface area contributed by atoms with E-state index in [0.29, 0.717) is 5.92 Å². The molecule has 4 aromatic heterocycles. The molecule has 0 atom stereocenters. The van der Waals surface area contributed by atoms with E-state index in [0.717, 1.165) is 67.0 Å². The van der Waals surface area contributed by atoms with Gasteiger partial charge in [-0.1, -0.05) is 19.1 Å². The first-order valence-corrected chi connectivity index (χ1v) is 12.8. The first-order chi connectivity index (χ1) is 18.6. The van der Waals surface area contributed by atoms with Crippen molar-refractivity contribution in [2.45, 2.75) is 19.3 Å². The van der Waals surface area contributed by atoms with E-state index in [1.807, 2.05) is 24.5 Å². The van der Waals surface area contributed by atoms with Crippen molar-refractivity contribution in [3.8, 4) is 33.8 Å². The zero-order valence-electron chi connectivity index (χ0n) is 20.6. The van der Waals surface area contributed by atoms with Gasteiger partial charge in [-0.25, -0.2) is 4.39 Å².